The van der Waals surface area contributed by atoms with E-state index in [0.29, 0.717) is 0 Å². The van der Waals surface area contributed by atoms with Gasteiger partial charge in [0.15, 0.2) is 0 Å². The molecule has 112 valence electrons. The summed E-state index contributed by atoms with van der Waals surface area (Å²) in [5.41, 5.74) is 3.73. The quantitative estimate of drug-likeness (QED) is 0.917. The van der Waals surface area contributed by atoms with Crippen LogP contribution in [0.1, 0.15) is 37.6 Å². The number of aromatic nitrogens is 1. The lowest BCUT2D eigenvalue weighted by Crippen LogP contribution is -2.46. The molecule has 0 saturated carbocycles. The van der Waals surface area contributed by atoms with E-state index in [1.165, 1.54) is 11.1 Å². The Labute approximate surface area is 122 Å². The van der Waals surface area contributed by atoms with Crippen molar-refractivity contribution in [1.29, 1.82) is 0 Å². The van der Waals surface area contributed by atoms with Crippen LogP contribution in [0.25, 0.3) is 0 Å². The fourth-order valence-corrected chi connectivity index (χ4v) is 2.92. The molecule has 0 bridgehead atoms. The molecule has 0 aliphatic carbocycles. The largest absolute Gasteiger partial charge is 0.372 e. The number of nitrogens with zero attached hydrogens (tertiary/aromatic N) is 2. The van der Waals surface area contributed by atoms with Crippen LogP contribution in [0.3, 0.4) is 0 Å². The van der Waals surface area contributed by atoms with E-state index in [1.807, 2.05) is 0 Å². The highest BCUT2D eigenvalue weighted by Crippen LogP contribution is 2.25. The first kappa shape index (κ1) is 15.3. The van der Waals surface area contributed by atoms with Crippen molar-refractivity contribution < 1.29 is 4.74 Å². The lowest BCUT2D eigenvalue weighted by atomic mass is 10.1. The SMILES string of the molecule is CCNCc1c(C)cc(C)nc1N1C[C@@H](C)O[C@@H](C)C1. The van der Waals surface area contributed by atoms with Crippen molar-refractivity contribution in [3.63, 3.8) is 0 Å². The molecular weight excluding hydrogens is 250 g/mol. The van der Waals surface area contributed by atoms with Crippen molar-refractivity contribution in [2.75, 3.05) is 24.5 Å². The third kappa shape index (κ3) is 3.49. The summed E-state index contributed by atoms with van der Waals surface area (Å²) < 4.78 is 5.83. The zero-order chi connectivity index (χ0) is 14.7. The third-order valence-electron chi connectivity index (χ3n) is 3.72. The molecule has 1 aliphatic heterocycles. The van der Waals surface area contributed by atoms with E-state index in [1.54, 1.807) is 0 Å². The summed E-state index contributed by atoms with van der Waals surface area (Å²) in [4.78, 5) is 7.19. The van der Waals surface area contributed by atoms with Crippen LogP contribution in [0.5, 0.6) is 0 Å². The summed E-state index contributed by atoms with van der Waals surface area (Å²) >= 11 is 0. The molecule has 2 heterocycles. The number of rotatable bonds is 4. The average Bonchev–Trinajstić information content (AvgIpc) is 2.35. The number of hydrogen-bond donors (Lipinski definition) is 1. The maximum Gasteiger partial charge on any atom is 0.133 e. The van der Waals surface area contributed by atoms with E-state index >= 15 is 0 Å². The maximum absolute atomic E-state index is 5.83. The molecule has 1 saturated heterocycles. The van der Waals surface area contributed by atoms with Crippen LogP contribution >= 0.6 is 0 Å². The van der Waals surface area contributed by atoms with E-state index < -0.39 is 0 Å². The van der Waals surface area contributed by atoms with Gasteiger partial charge in [0.25, 0.3) is 0 Å². The van der Waals surface area contributed by atoms with E-state index in [0.717, 1.165) is 37.7 Å². The summed E-state index contributed by atoms with van der Waals surface area (Å²) in [7, 11) is 0. The Kier molecular flexibility index (Phi) is 5.00. The lowest BCUT2D eigenvalue weighted by Gasteiger charge is -2.37. The first-order valence-corrected chi connectivity index (χ1v) is 7.59. The van der Waals surface area contributed by atoms with E-state index in [2.05, 4.69) is 50.9 Å². The fraction of sp³-hybridized carbons (Fsp3) is 0.688. The monoisotopic (exact) mass is 277 g/mol. The van der Waals surface area contributed by atoms with Crippen LogP contribution < -0.4 is 10.2 Å². The van der Waals surface area contributed by atoms with Crippen LogP contribution in [0.2, 0.25) is 0 Å². The summed E-state index contributed by atoms with van der Waals surface area (Å²) in [6.07, 6.45) is 0.515. The van der Waals surface area contributed by atoms with E-state index in [9.17, 15) is 0 Å². The second-order valence-corrected chi connectivity index (χ2v) is 5.83. The number of anilines is 1. The standard InChI is InChI=1S/C16H27N3O/c1-6-17-8-15-11(2)7-12(3)18-16(15)19-9-13(4)20-14(5)10-19/h7,13-14,17H,6,8-10H2,1-5H3/t13-,14+. The predicted octanol–water partition coefficient (Wildman–Crippen LogP) is 2.42. The normalized spacial score (nSPS) is 23.1. The van der Waals surface area contributed by atoms with Crippen molar-refractivity contribution in [1.82, 2.24) is 10.3 Å². The smallest absolute Gasteiger partial charge is 0.133 e. The second kappa shape index (κ2) is 6.55. The Morgan fingerprint density at radius 1 is 1.30 bits per heavy atom. The van der Waals surface area contributed by atoms with Gasteiger partial charge in [-0.2, -0.15) is 0 Å². The highest BCUT2D eigenvalue weighted by atomic mass is 16.5. The number of pyridine rings is 1. The number of nitrogens with one attached hydrogen (secondary N) is 1. The van der Waals surface area contributed by atoms with Gasteiger partial charge in [-0.25, -0.2) is 4.98 Å². The highest BCUT2D eigenvalue weighted by molar-refractivity contribution is 5.52. The van der Waals surface area contributed by atoms with Gasteiger partial charge in [0.1, 0.15) is 5.82 Å². The minimum absolute atomic E-state index is 0.258. The van der Waals surface area contributed by atoms with Gasteiger partial charge in [0.2, 0.25) is 0 Å². The molecule has 2 rings (SSSR count). The van der Waals surface area contributed by atoms with E-state index in [4.69, 9.17) is 9.72 Å². The molecule has 0 spiro atoms. The summed E-state index contributed by atoms with van der Waals surface area (Å²) in [5.74, 6) is 1.13. The Hall–Kier alpha value is -1.13. The molecule has 20 heavy (non-hydrogen) atoms. The molecule has 1 aromatic heterocycles. The van der Waals surface area contributed by atoms with Crippen molar-refractivity contribution in [2.45, 2.75) is 53.4 Å². The van der Waals surface area contributed by atoms with Gasteiger partial charge in [-0.3, -0.25) is 0 Å². The molecule has 0 amide bonds. The lowest BCUT2D eigenvalue weighted by molar-refractivity contribution is -0.00552. The molecule has 4 heteroatoms. The molecular formula is C16H27N3O. The van der Waals surface area contributed by atoms with Gasteiger partial charge in [-0.15, -0.1) is 0 Å². The summed E-state index contributed by atoms with van der Waals surface area (Å²) in [6.45, 7) is 14.3. The van der Waals surface area contributed by atoms with Crippen molar-refractivity contribution in [3.05, 3.63) is 22.9 Å². The second-order valence-electron chi connectivity index (χ2n) is 5.83. The highest BCUT2D eigenvalue weighted by Gasteiger charge is 2.25. The molecule has 1 fully saturated rings. The summed E-state index contributed by atoms with van der Waals surface area (Å²) in [5, 5.41) is 3.43. The van der Waals surface area contributed by atoms with Crippen molar-refractivity contribution in [3.8, 4) is 0 Å². The Bertz CT molecular complexity index is 451. The average molecular weight is 277 g/mol. The number of ether oxygens (including phenoxy) is 1. The maximum atomic E-state index is 5.83. The third-order valence-corrected chi connectivity index (χ3v) is 3.72. The van der Waals surface area contributed by atoms with Crippen LogP contribution in [0.4, 0.5) is 5.82 Å². The first-order valence-electron chi connectivity index (χ1n) is 7.59. The number of morpholine rings is 1. The zero-order valence-electron chi connectivity index (χ0n) is 13.4. The van der Waals surface area contributed by atoms with Crippen LogP contribution in [-0.4, -0.2) is 36.8 Å². The van der Waals surface area contributed by atoms with Crippen LogP contribution in [0.15, 0.2) is 6.07 Å². The molecule has 0 radical (unpaired) electrons. The Morgan fingerprint density at radius 2 is 1.95 bits per heavy atom. The van der Waals surface area contributed by atoms with Crippen LogP contribution in [-0.2, 0) is 11.3 Å². The molecule has 1 N–H and O–H groups in total. The van der Waals surface area contributed by atoms with Gasteiger partial charge in [-0.05, 0) is 45.9 Å². The molecule has 0 unspecified atom stereocenters. The number of aryl methyl sites for hydroxylation is 2. The molecule has 1 aromatic rings. The summed E-state index contributed by atoms with van der Waals surface area (Å²) in [6, 6.07) is 2.17. The van der Waals surface area contributed by atoms with Crippen molar-refractivity contribution >= 4 is 5.82 Å². The zero-order valence-corrected chi connectivity index (χ0v) is 13.4. The van der Waals surface area contributed by atoms with Gasteiger partial charge in [-0.1, -0.05) is 6.92 Å². The number of hydrogen-bond acceptors (Lipinski definition) is 4. The van der Waals surface area contributed by atoms with Crippen LogP contribution in [0, 0.1) is 13.8 Å². The van der Waals surface area contributed by atoms with Gasteiger partial charge < -0.3 is 15.0 Å². The predicted molar refractivity (Wildman–Crippen MR) is 83.3 cm³/mol. The molecule has 4 nitrogen and oxygen atoms in total. The minimum atomic E-state index is 0.258. The Balaban J connectivity index is 2.32. The van der Waals surface area contributed by atoms with Crippen molar-refractivity contribution in [2.24, 2.45) is 0 Å². The van der Waals surface area contributed by atoms with Gasteiger partial charge >= 0.3 is 0 Å². The first-order chi connectivity index (χ1) is 9.51. The molecule has 2 atom stereocenters. The molecule has 1 aliphatic rings. The molecule has 0 aromatic carbocycles. The van der Waals surface area contributed by atoms with Gasteiger partial charge in [0.05, 0.1) is 12.2 Å². The van der Waals surface area contributed by atoms with Gasteiger partial charge in [0, 0.05) is 30.9 Å². The van der Waals surface area contributed by atoms with E-state index in [-0.39, 0.29) is 12.2 Å². The topological polar surface area (TPSA) is 37.4 Å². The minimum Gasteiger partial charge on any atom is -0.372 e. The fourth-order valence-electron chi connectivity index (χ4n) is 2.92. The Morgan fingerprint density at radius 3 is 2.55 bits per heavy atom.